The number of carbonyl (C=O) groups is 2. The van der Waals surface area contributed by atoms with E-state index < -0.39 is 11.9 Å². The summed E-state index contributed by atoms with van der Waals surface area (Å²) < 4.78 is 0. The number of carbonyl (C=O) groups excluding carboxylic acids is 1. The number of hydrogen-bond acceptors (Lipinski definition) is 3. The highest BCUT2D eigenvalue weighted by atomic mass is 16.4. The van der Waals surface area contributed by atoms with Crippen molar-refractivity contribution in [2.75, 3.05) is 33.7 Å². The van der Waals surface area contributed by atoms with Gasteiger partial charge in [0.25, 0.3) is 0 Å². The van der Waals surface area contributed by atoms with E-state index in [1.54, 1.807) is 4.90 Å². The predicted octanol–water partition coefficient (Wildman–Crippen LogP) is 2.60. The number of likely N-dealkylation sites (N-methyl/N-ethyl adjacent to an activating group) is 1. The van der Waals surface area contributed by atoms with E-state index in [9.17, 15) is 14.7 Å². The van der Waals surface area contributed by atoms with Crippen molar-refractivity contribution in [2.24, 2.45) is 11.8 Å². The maximum atomic E-state index is 12.6. The number of carboxylic acids is 1. The zero-order valence-corrected chi connectivity index (χ0v) is 16.2. The van der Waals surface area contributed by atoms with Crippen LogP contribution < -0.4 is 5.32 Å². The minimum Gasteiger partial charge on any atom is -0.481 e. The first-order valence-electron chi connectivity index (χ1n) is 9.32. The van der Waals surface area contributed by atoms with Crippen LogP contribution in [0.4, 0.5) is 4.79 Å². The Balaban J connectivity index is 1.99. The monoisotopic (exact) mass is 361 g/mol. The number of carboxylic acid groups (broad SMARTS) is 1. The molecule has 1 saturated heterocycles. The molecule has 0 bridgehead atoms. The Morgan fingerprint density at radius 2 is 1.92 bits per heavy atom. The van der Waals surface area contributed by atoms with Crippen molar-refractivity contribution in [1.82, 2.24) is 15.1 Å². The predicted molar refractivity (Wildman–Crippen MR) is 102 cm³/mol. The van der Waals surface area contributed by atoms with E-state index in [1.165, 1.54) is 5.56 Å². The maximum absolute atomic E-state index is 12.6. The Labute approximate surface area is 156 Å². The number of hydrogen-bond donors (Lipinski definition) is 2. The summed E-state index contributed by atoms with van der Waals surface area (Å²) in [7, 11) is 3.99. The van der Waals surface area contributed by atoms with Gasteiger partial charge in [0.15, 0.2) is 0 Å². The molecule has 0 aliphatic carbocycles. The molecule has 6 heteroatoms. The van der Waals surface area contributed by atoms with E-state index in [4.69, 9.17) is 0 Å². The van der Waals surface area contributed by atoms with Gasteiger partial charge in [-0.15, -0.1) is 0 Å². The second kappa shape index (κ2) is 9.03. The van der Waals surface area contributed by atoms with Gasteiger partial charge in [-0.3, -0.25) is 4.79 Å². The Kier molecular flexibility index (Phi) is 7.03. The van der Waals surface area contributed by atoms with Crippen LogP contribution in [0.15, 0.2) is 24.3 Å². The summed E-state index contributed by atoms with van der Waals surface area (Å²) in [6.07, 6.45) is 1.63. The molecule has 3 unspecified atom stereocenters. The van der Waals surface area contributed by atoms with E-state index in [0.29, 0.717) is 19.5 Å². The third kappa shape index (κ3) is 5.21. The van der Waals surface area contributed by atoms with E-state index >= 15 is 0 Å². The molecular weight excluding hydrogens is 330 g/mol. The minimum absolute atomic E-state index is 0.0716. The topological polar surface area (TPSA) is 72.9 Å². The second-order valence-corrected chi connectivity index (χ2v) is 7.54. The lowest BCUT2D eigenvalue weighted by atomic mass is 9.91. The number of aryl methyl sites for hydroxylation is 1. The molecule has 1 heterocycles. The van der Waals surface area contributed by atoms with Gasteiger partial charge in [-0.1, -0.05) is 38.1 Å². The van der Waals surface area contributed by atoms with Crippen LogP contribution in [0.3, 0.4) is 0 Å². The number of rotatable bonds is 6. The van der Waals surface area contributed by atoms with E-state index in [2.05, 4.69) is 41.4 Å². The van der Waals surface area contributed by atoms with Crippen molar-refractivity contribution in [3.05, 3.63) is 35.4 Å². The molecule has 0 aromatic heterocycles. The molecule has 2 rings (SSSR count). The molecule has 0 spiro atoms. The maximum Gasteiger partial charge on any atom is 0.317 e. The van der Waals surface area contributed by atoms with Crippen LogP contribution >= 0.6 is 0 Å². The van der Waals surface area contributed by atoms with Crippen LogP contribution in [0, 0.1) is 11.8 Å². The van der Waals surface area contributed by atoms with E-state index in [-0.39, 0.29) is 24.5 Å². The highest BCUT2D eigenvalue weighted by Gasteiger charge is 2.32. The van der Waals surface area contributed by atoms with Gasteiger partial charge in [0.05, 0.1) is 12.0 Å². The number of nitrogens with one attached hydrogen (secondary N) is 1. The lowest BCUT2D eigenvalue weighted by Gasteiger charge is -2.35. The summed E-state index contributed by atoms with van der Waals surface area (Å²) in [5, 5.41) is 12.3. The largest absolute Gasteiger partial charge is 0.481 e. The van der Waals surface area contributed by atoms with Crippen LogP contribution in [-0.2, 0) is 11.2 Å². The fourth-order valence-electron chi connectivity index (χ4n) is 3.57. The number of amides is 2. The molecule has 1 fully saturated rings. The molecule has 1 aromatic carbocycles. The van der Waals surface area contributed by atoms with Crippen molar-refractivity contribution in [1.29, 1.82) is 0 Å². The van der Waals surface area contributed by atoms with E-state index in [1.807, 2.05) is 21.0 Å². The van der Waals surface area contributed by atoms with Crippen molar-refractivity contribution in [2.45, 2.75) is 32.7 Å². The molecular formula is C20H31N3O3. The molecule has 1 aliphatic heterocycles. The molecule has 2 amide bonds. The SMILES string of the molecule is CCc1ccc(C(CNC(=O)N2CC(C)CC(C(=O)O)C2)N(C)C)cc1. The Morgan fingerprint density at radius 1 is 1.27 bits per heavy atom. The van der Waals surface area contributed by atoms with Crippen molar-refractivity contribution < 1.29 is 14.7 Å². The fourth-order valence-corrected chi connectivity index (χ4v) is 3.57. The quantitative estimate of drug-likeness (QED) is 0.817. The van der Waals surface area contributed by atoms with Crippen molar-refractivity contribution in [3.63, 3.8) is 0 Å². The van der Waals surface area contributed by atoms with Crippen LogP contribution in [0.2, 0.25) is 0 Å². The van der Waals surface area contributed by atoms with E-state index in [0.717, 1.165) is 12.0 Å². The third-order valence-corrected chi connectivity index (χ3v) is 5.14. The van der Waals surface area contributed by atoms with Gasteiger partial charge >= 0.3 is 12.0 Å². The first-order chi connectivity index (χ1) is 12.3. The first kappa shape index (κ1) is 20.2. The standard InChI is InChI=1S/C20H31N3O3/c1-5-15-6-8-16(9-7-15)18(22(3)4)11-21-20(26)23-12-14(2)10-17(13-23)19(24)25/h6-9,14,17-18H,5,10-13H2,1-4H3,(H,21,26)(H,24,25). The fraction of sp³-hybridized carbons (Fsp3) is 0.600. The molecule has 1 aromatic rings. The lowest BCUT2D eigenvalue weighted by molar-refractivity contribution is -0.143. The minimum atomic E-state index is -0.823. The van der Waals surface area contributed by atoms with Gasteiger partial charge in [0, 0.05) is 19.6 Å². The van der Waals surface area contributed by atoms with Crippen LogP contribution in [0.5, 0.6) is 0 Å². The Bertz CT molecular complexity index is 615. The van der Waals surface area contributed by atoms with Crippen LogP contribution in [-0.4, -0.2) is 60.6 Å². The number of likely N-dealkylation sites (tertiary alicyclic amines) is 1. The van der Waals surface area contributed by atoms with Gasteiger partial charge in [-0.05, 0) is 44.0 Å². The molecule has 26 heavy (non-hydrogen) atoms. The summed E-state index contributed by atoms with van der Waals surface area (Å²) in [5.41, 5.74) is 2.44. The number of urea groups is 1. The molecule has 1 aliphatic rings. The molecule has 2 N–H and O–H groups in total. The summed E-state index contributed by atoms with van der Waals surface area (Å²) in [6, 6.07) is 8.36. The summed E-state index contributed by atoms with van der Waals surface area (Å²) in [5.74, 6) is -1.10. The van der Waals surface area contributed by atoms with Crippen molar-refractivity contribution in [3.8, 4) is 0 Å². The molecule has 6 nitrogen and oxygen atoms in total. The highest BCUT2D eigenvalue weighted by molar-refractivity contribution is 5.76. The first-order valence-corrected chi connectivity index (χ1v) is 9.32. The van der Waals surface area contributed by atoms with Gasteiger partial charge in [-0.2, -0.15) is 0 Å². The molecule has 0 saturated carbocycles. The Morgan fingerprint density at radius 3 is 2.46 bits per heavy atom. The van der Waals surface area contributed by atoms with Gasteiger partial charge in [0.1, 0.15) is 0 Å². The lowest BCUT2D eigenvalue weighted by Crippen LogP contribution is -2.50. The molecule has 3 atom stereocenters. The smallest absolute Gasteiger partial charge is 0.317 e. The number of nitrogens with zero attached hydrogens (tertiary/aromatic N) is 2. The van der Waals surface area contributed by atoms with Crippen LogP contribution in [0.1, 0.15) is 37.4 Å². The summed E-state index contributed by atoms with van der Waals surface area (Å²) >= 11 is 0. The average molecular weight is 361 g/mol. The highest BCUT2D eigenvalue weighted by Crippen LogP contribution is 2.22. The van der Waals surface area contributed by atoms with Gasteiger partial charge in [0.2, 0.25) is 0 Å². The number of aliphatic carboxylic acids is 1. The van der Waals surface area contributed by atoms with Crippen molar-refractivity contribution >= 4 is 12.0 Å². The summed E-state index contributed by atoms with van der Waals surface area (Å²) in [6.45, 7) is 5.49. The number of piperidine rings is 1. The normalized spacial score (nSPS) is 21.5. The van der Waals surface area contributed by atoms with Crippen LogP contribution in [0.25, 0.3) is 0 Å². The zero-order chi connectivity index (χ0) is 19.3. The second-order valence-electron chi connectivity index (χ2n) is 7.54. The Hall–Kier alpha value is -2.08. The zero-order valence-electron chi connectivity index (χ0n) is 16.2. The van der Waals surface area contributed by atoms with Gasteiger partial charge < -0.3 is 20.2 Å². The third-order valence-electron chi connectivity index (χ3n) is 5.14. The average Bonchev–Trinajstić information content (AvgIpc) is 2.61. The molecule has 0 radical (unpaired) electrons. The molecule has 144 valence electrons. The number of benzene rings is 1. The van der Waals surface area contributed by atoms with Gasteiger partial charge in [-0.25, -0.2) is 4.79 Å². The summed E-state index contributed by atoms with van der Waals surface area (Å²) in [4.78, 5) is 27.6.